The standard InChI is InChI=1S/C12H4Cl2F6N2O2/c13-5-1-4(11(15,16)17)2-6(14)9(5)22-7(10(23)24)3-8(21-22)12(18,19)20/h1-3H,(H,23,24). The fraction of sp³-hybridized carbons (Fsp3) is 0.167. The highest BCUT2D eigenvalue weighted by atomic mass is 35.5. The van der Waals surface area contributed by atoms with Gasteiger partial charge in [-0.3, -0.25) is 0 Å². The monoisotopic (exact) mass is 392 g/mol. The van der Waals surface area contributed by atoms with E-state index in [4.69, 9.17) is 28.3 Å². The van der Waals surface area contributed by atoms with Crippen LogP contribution < -0.4 is 0 Å². The molecule has 0 aliphatic carbocycles. The quantitative estimate of drug-likeness (QED) is 0.738. The summed E-state index contributed by atoms with van der Waals surface area (Å²) in [5, 5.41) is 10.6. The van der Waals surface area contributed by atoms with Crippen molar-refractivity contribution in [2.45, 2.75) is 12.4 Å². The third kappa shape index (κ3) is 3.44. The number of carboxylic acids is 1. The first-order chi connectivity index (χ1) is 10.8. The Morgan fingerprint density at radius 3 is 1.88 bits per heavy atom. The minimum atomic E-state index is -4.97. The molecule has 0 aliphatic heterocycles. The lowest BCUT2D eigenvalue weighted by Gasteiger charge is -2.13. The fourth-order valence-corrected chi connectivity index (χ4v) is 2.42. The van der Waals surface area contributed by atoms with Gasteiger partial charge in [-0.15, -0.1) is 0 Å². The molecule has 0 radical (unpaired) electrons. The van der Waals surface area contributed by atoms with Gasteiger partial charge in [0.05, 0.1) is 15.6 Å². The molecule has 12 heteroatoms. The van der Waals surface area contributed by atoms with Crippen molar-refractivity contribution in [3.63, 3.8) is 0 Å². The molecule has 0 aliphatic rings. The molecule has 1 heterocycles. The van der Waals surface area contributed by atoms with Crippen molar-refractivity contribution in [3.05, 3.63) is 45.2 Å². The lowest BCUT2D eigenvalue weighted by Crippen LogP contribution is -2.12. The van der Waals surface area contributed by atoms with Crippen molar-refractivity contribution in [1.82, 2.24) is 9.78 Å². The van der Waals surface area contributed by atoms with E-state index in [1.54, 1.807) is 0 Å². The fourth-order valence-electron chi connectivity index (χ4n) is 1.77. The average Bonchev–Trinajstić information content (AvgIpc) is 2.81. The first kappa shape index (κ1) is 18.4. The van der Waals surface area contributed by atoms with E-state index < -0.39 is 51.0 Å². The third-order valence-corrected chi connectivity index (χ3v) is 3.35. The number of aromatic carboxylic acids is 1. The summed E-state index contributed by atoms with van der Waals surface area (Å²) in [4.78, 5) is 11.1. The van der Waals surface area contributed by atoms with Crippen LogP contribution in [0, 0.1) is 0 Å². The number of carboxylic acid groups (broad SMARTS) is 1. The molecule has 0 bridgehead atoms. The summed E-state index contributed by atoms with van der Waals surface area (Å²) >= 11 is 11.3. The van der Waals surface area contributed by atoms with Gasteiger partial charge in [-0.05, 0) is 12.1 Å². The van der Waals surface area contributed by atoms with Crippen LogP contribution in [0.5, 0.6) is 0 Å². The van der Waals surface area contributed by atoms with Crippen LogP contribution in [0.2, 0.25) is 10.0 Å². The Bertz CT molecular complexity index is 790. The van der Waals surface area contributed by atoms with Gasteiger partial charge in [0, 0.05) is 6.07 Å². The van der Waals surface area contributed by atoms with Gasteiger partial charge >= 0.3 is 18.3 Å². The first-order valence-electron chi connectivity index (χ1n) is 5.79. The summed E-state index contributed by atoms with van der Waals surface area (Å²) in [5.41, 5.74) is -4.39. The Kier molecular flexibility index (Phi) is 4.49. The van der Waals surface area contributed by atoms with Gasteiger partial charge < -0.3 is 5.11 Å². The SMILES string of the molecule is O=C(O)c1cc(C(F)(F)F)nn1-c1c(Cl)cc(C(F)(F)F)cc1Cl. The highest BCUT2D eigenvalue weighted by Gasteiger charge is 2.37. The summed E-state index contributed by atoms with van der Waals surface area (Å²) in [7, 11) is 0. The van der Waals surface area contributed by atoms with Gasteiger partial charge in [0.2, 0.25) is 0 Å². The second-order valence-corrected chi connectivity index (χ2v) is 5.23. The molecule has 1 aromatic heterocycles. The molecule has 130 valence electrons. The van der Waals surface area contributed by atoms with Crippen LogP contribution in [-0.4, -0.2) is 20.9 Å². The number of halogens is 8. The lowest BCUT2D eigenvalue weighted by molar-refractivity contribution is -0.141. The molecule has 2 aromatic rings. The maximum Gasteiger partial charge on any atom is 0.435 e. The molecule has 0 spiro atoms. The maximum absolute atomic E-state index is 12.7. The third-order valence-electron chi connectivity index (χ3n) is 2.77. The predicted octanol–water partition coefficient (Wildman–Crippen LogP) is 4.91. The molecule has 0 saturated carbocycles. The summed E-state index contributed by atoms with van der Waals surface area (Å²) < 4.78 is 76.3. The van der Waals surface area contributed by atoms with E-state index in [2.05, 4.69) is 5.10 Å². The summed E-state index contributed by atoms with van der Waals surface area (Å²) in [6.45, 7) is 0. The summed E-state index contributed by atoms with van der Waals surface area (Å²) in [6.07, 6.45) is -9.77. The van der Waals surface area contributed by atoms with Gasteiger partial charge in [0.25, 0.3) is 0 Å². The number of aromatic nitrogens is 2. The molecule has 0 fully saturated rings. The topological polar surface area (TPSA) is 55.1 Å². The Labute approximate surface area is 139 Å². The van der Waals surface area contributed by atoms with E-state index in [1.165, 1.54) is 0 Å². The number of nitrogens with zero attached hydrogens (tertiary/aromatic N) is 2. The van der Waals surface area contributed by atoms with E-state index >= 15 is 0 Å². The van der Waals surface area contributed by atoms with Crippen molar-refractivity contribution < 1.29 is 36.2 Å². The number of alkyl halides is 6. The molecular weight excluding hydrogens is 389 g/mol. The van der Waals surface area contributed by atoms with E-state index in [0.29, 0.717) is 12.1 Å². The zero-order valence-electron chi connectivity index (χ0n) is 11.0. The Morgan fingerprint density at radius 1 is 1.00 bits per heavy atom. The second-order valence-electron chi connectivity index (χ2n) is 4.42. The molecule has 1 aromatic carbocycles. The number of benzene rings is 1. The van der Waals surface area contributed by atoms with Crippen molar-refractivity contribution in [2.75, 3.05) is 0 Å². The first-order valence-corrected chi connectivity index (χ1v) is 6.55. The van der Waals surface area contributed by atoms with Crippen molar-refractivity contribution in [3.8, 4) is 5.69 Å². The molecule has 0 atom stereocenters. The highest BCUT2D eigenvalue weighted by Crippen LogP contribution is 2.38. The smallest absolute Gasteiger partial charge is 0.435 e. The maximum atomic E-state index is 12.7. The number of rotatable bonds is 2. The van der Waals surface area contributed by atoms with Crippen molar-refractivity contribution in [2.24, 2.45) is 0 Å². The van der Waals surface area contributed by atoms with Gasteiger partial charge in [0.1, 0.15) is 5.69 Å². The van der Waals surface area contributed by atoms with Crippen LogP contribution in [-0.2, 0) is 12.4 Å². The molecule has 0 amide bonds. The number of hydrogen-bond donors (Lipinski definition) is 1. The Balaban J connectivity index is 2.73. The molecule has 0 unspecified atom stereocenters. The van der Waals surface area contributed by atoms with E-state index in [1.807, 2.05) is 0 Å². The minimum absolute atomic E-state index is 0.215. The number of hydrogen-bond acceptors (Lipinski definition) is 2. The van der Waals surface area contributed by atoms with Crippen LogP contribution in [0.3, 0.4) is 0 Å². The zero-order chi connectivity index (χ0) is 18.4. The molecular formula is C12H4Cl2F6N2O2. The van der Waals surface area contributed by atoms with Gasteiger partial charge in [-0.2, -0.15) is 31.4 Å². The van der Waals surface area contributed by atoms with Crippen molar-refractivity contribution >= 4 is 29.2 Å². The number of carbonyl (C=O) groups is 1. The molecule has 1 N–H and O–H groups in total. The van der Waals surface area contributed by atoms with Gasteiger partial charge in [-0.25, -0.2) is 9.48 Å². The van der Waals surface area contributed by atoms with E-state index in [0.717, 1.165) is 0 Å². The second kappa shape index (κ2) is 5.85. The van der Waals surface area contributed by atoms with E-state index in [9.17, 15) is 31.1 Å². The van der Waals surface area contributed by atoms with Crippen LogP contribution in [0.15, 0.2) is 18.2 Å². The van der Waals surface area contributed by atoms with Crippen molar-refractivity contribution in [1.29, 1.82) is 0 Å². The predicted molar refractivity (Wildman–Crippen MR) is 70.5 cm³/mol. The van der Waals surface area contributed by atoms with Crippen LogP contribution >= 0.6 is 23.2 Å². The lowest BCUT2D eigenvalue weighted by atomic mass is 10.2. The zero-order valence-corrected chi connectivity index (χ0v) is 12.5. The molecule has 2 rings (SSSR count). The molecule has 0 saturated heterocycles. The Morgan fingerprint density at radius 2 is 1.50 bits per heavy atom. The summed E-state index contributed by atoms with van der Waals surface area (Å²) in [5.74, 6) is -1.80. The van der Waals surface area contributed by atoms with Crippen LogP contribution in [0.1, 0.15) is 21.7 Å². The minimum Gasteiger partial charge on any atom is -0.477 e. The van der Waals surface area contributed by atoms with Crippen LogP contribution in [0.25, 0.3) is 5.69 Å². The van der Waals surface area contributed by atoms with Gasteiger partial charge in [0.15, 0.2) is 11.4 Å². The molecule has 4 nitrogen and oxygen atoms in total. The largest absolute Gasteiger partial charge is 0.477 e. The molecule has 24 heavy (non-hydrogen) atoms. The highest BCUT2D eigenvalue weighted by molar-refractivity contribution is 6.38. The normalized spacial score (nSPS) is 12.5. The van der Waals surface area contributed by atoms with E-state index in [-0.39, 0.29) is 10.7 Å². The Hall–Kier alpha value is -1.94. The average molecular weight is 393 g/mol. The summed E-state index contributed by atoms with van der Waals surface area (Å²) in [6, 6.07) is 1.03. The van der Waals surface area contributed by atoms with Crippen LogP contribution in [0.4, 0.5) is 26.3 Å². The van der Waals surface area contributed by atoms with Gasteiger partial charge in [-0.1, -0.05) is 23.2 Å².